The van der Waals surface area contributed by atoms with Crippen molar-refractivity contribution in [3.63, 3.8) is 0 Å². The third-order valence-corrected chi connectivity index (χ3v) is 3.01. The number of nitrogens with zero attached hydrogens (tertiary/aromatic N) is 1. The van der Waals surface area contributed by atoms with Gasteiger partial charge >= 0.3 is 12.1 Å². The van der Waals surface area contributed by atoms with Crippen LogP contribution in [0.25, 0.3) is 0 Å². The molecule has 0 aliphatic carbocycles. The van der Waals surface area contributed by atoms with Crippen molar-refractivity contribution >= 4 is 12.1 Å². The van der Waals surface area contributed by atoms with Gasteiger partial charge in [-0.2, -0.15) is 0 Å². The summed E-state index contributed by atoms with van der Waals surface area (Å²) < 4.78 is 4.81. The summed E-state index contributed by atoms with van der Waals surface area (Å²) in [6.07, 6.45) is 1.00. The summed E-state index contributed by atoms with van der Waals surface area (Å²) in [5.74, 6) is -0.477. The summed E-state index contributed by atoms with van der Waals surface area (Å²) in [6, 6.07) is -0.377. The fourth-order valence-corrected chi connectivity index (χ4v) is 1.73. The molecule has 0 aromatic rings. The number of carbonyl (C=O) groups is 2. The average molecular weight is 273 g/mol. The number of unbranched alkanes of at least 4 members (excludes halogenated alkanes) is 1. The van der Waals surface area contributed by atoms with Gasteiger partial charge in [-0.25, -0.2) is 9.59 Å². The van der Waals surface area contributed by atoms with Crippen LogP contribution < -0.4 is 10.8 Å². The molecular formula is C12H23N3O4. The van der Waals surface area contributed by atoms with Crippen LogP contribution in [0.4, 0.5) is 4.79 Å². The minimum absolute atomic E-state index is 0.327. The minimum Gasteiger partial charge on any atom is -0.447 e. The summed E-state index contributed by atoms with van der Waals surface area (Å²) in [6.45, 7) is 7.37. The van der Waals surface area contributed by atoms with Gasteiger partial charge in [-0.15, -0.1) is 5.48 Å². The summed E-state index contributed by atoms with van der Waals surface area (Å²) in [7, 11) is 0. The smallest absolute Gasteiger partial charge is 0.440 e. The van der Waals surface area contributed by atoms with Gasteiger partial charge in [-0.3, -0.25) is 4.90 Å². The van der Waals surface area contributed by atoms with E-state index in [4.69, 9.17) is 9.57 Å². The van der Waals surface area contributed by atoms with Gasteiger partial charge in [-0.1, -0.05) is 13.3 Å². The Bertz CT molecular complexity index is 293. The molecule has 0 spiro atoms. The summed E-state index contributed by atoms with van der Waals surface area (Å²) in [4.78, 5) is 29.6. The van der Waals surface area contributed by atoms with Gasteiger partial charge in [0.15, 0.2) is 0 Å². The average Bonchev–Trinajstić information content (AvgIpc) is 2.45. The first-order valence-corrected chi connectivity index (χ1v) is 6.73. The molecule has 19 heavy (non-hydrogen) atoms. The fraction of sp³-hybridized carbons (Fsp3) is 0.833. The van der Waals surface area contributed by atoms with Crippen molar-refractivity contribution < 1.29 is 19.2 Å². The van der Waals surface area contributed by atoms with Gasteiger partial charge < -0.3 is 14.9 Å². The largest absolute Gasteiger partial charge is 0.447 e. The molecule has 110 valence electrons. The van der Waals surface area contributed by atoms with Gasteiger partial charge in [0.25, 0.3) is 0 Å². The Morgan fingerprint density at radius 2 is 2.05 bits per heavy atom. The van der Waals surface area contributed by atoms with Crippen LogP contribution in [0.1, 0.15) is 26.7 Å². The fourth-order valence-electron chi connectivity index (χ4n) is 1.73. The van der Waals surface area contributed by atoms with Crippen LogP contribution in [-0.2, 0) is 14.4 Å². The predicted molar refractivity (Wildman–Crippen MR) is 69.4 cm³/mol. The summed E-state index contributed by atoms with van der Waals surface area (Å²) in [5, 5.41) is 3.20. The second-order valence-electron chi connectivity index (χ2n) is 4.47. The molecular weight excluding hydrogens is 250 g/mol. The van der Waals surface area contributed by atoms with Crippen molar-refractivity contribution in [2.45, 2.75) is 32.7 Å². The van der Waals surface area contributed by atoms with Crippen molar-refractivity contribution in [1.29, 1.82) is 0 Å². The zero-order chi connectivity index (χ0) is 14.1. The Hall–Kier alpha value is -1.34. The highest BCUT2D eigenvalue weighted by Crippen LogP contribution is 2.02. The zero-order valence-electron chi connectivity index (χ0n) is 11.6. The molecule has 1 rings (SSSR count). The normalized spacial score (nSPS) is 17.6. The van der Waals surface area contributed by atoms with E-state index in [0.29, 0.717) is 6.61 Å². The number of hydrogen-bond acceptors (Lipinski definition) is 6. The topological polar surface area (TPSA) is 79.9 Å². The number of hydroxylamine groups is 1. The van der Waals surface area contributed by atoms with Crippen molar-refractivity contribution in [2.75, 3.05) is 32.8 Å². The van der Waals surface area contributed by atoms with Crippen molar-refractivity contribution in [3.05, 3.63) is 0 Å². The van der Waals surface area contributed by atoms with Gasteiger partial charge in [0.05, 0.1) is 6.61 Å². The van der Waals surface area contributed by atoms with E-state index in [1.165, 1.54) is 0 Å². The second kappa shape index (κ2) is 8.71. The molecule has 1 heterocycles. The van der Waals surface area contributed by atoms with Crippen LogP contribution in [0.2, 0.25) is 0 Å². The van der Waals surface area contributed by atoms with Crippen LogP contribution in [0, 0.1) is 0 Å². The molecule has 1 atom stereocenters. The zero-order valence-corrected chi connectivity index (χ0v) is 11.6. The lowest BCUT2D eigenvalue weighted by Gasteiger charge is -2.30. The third-order valence-electron chi connectivity index (χ3n) is 3.01. The van der Waals surface area contributed by atoms with Crippen LogP contribution in [0.3, 0.4) is 0 Å². The maximum absolute atomic E-state index is 11.7. The second-order valence-corrected chi connectivity index (χ2v) is 4.47. The molecule has 0 saturated carbocycles. The Morgan fingerprint density at radius 3 is 2.68 bits per heavy atom. The molecule has 0 aromatic carbocycles. The van der Waals surface area contributed by atoms with E-state index in [-0.39, 0.29) is 6.04 Å². The highest BCUT2D eigenvalue weighted by molar-refractivity contribution is 5.77. The third kappa shape index (κ3) is 5.89. The molecule has 1 fully saturated rings. The van der Waals surface area contributed by atoms with Crippen molar-refractivity contribution in [2.24, 2.45) is 0 Å². The van der Waals surface area contributed by atoms with Crippen LogP contribution in [0.15, 0.2) is 0 Å². The molecule has 1 aliphatic rings. The van der Waals surface area contributed by atoms with Crippen LogP contribution in [-0.4, -0.2) is 55.8 Å². The summed E-state index contributed by atoms with van der Waals surface area (Å²) >= 11 is 0. The molecule has 0 aromatic heterocycles. The first-order chi connectivity index (χ1) is 9.15. The van der Waals surface area contributed by atoms with Crippen molar-refractivity contribution in [1.82, 2.24) is 15.7 Å². The molecule has 7 nitrogen and oxygen atoms in total. The van der Waals surface area contributed by atoms with Gasteiger partial charge in [0, 0.05) is 26.2 Å². The monoisotopic (exact) mass is 273 g/mol. The first-order valence-electron chi connectivity index (χ1n) is 6.73. The summed E-state index contributed by atoms with van der Waals surface area (Å²) in [5.41, 5.74) is 2.01. The number of hydrogen-bond donors (Lipinski definition) is 2. The molecule has 7 heteroatoms. The standard InChI is InChI=1S/C12H23N3O4/c1-3-4-9-18-12(17)14-19-11(16)10(2)15-7-5-13-6-8-15/h10,13H,3-9H2,1-2H3,(H,14,17). The number of piperazine rings is 1. The highest BCUT2D eigenvalue weighted by atomic mass is 16.7. The molecule has 1 unspecified atom stereocenters. The molecule has 2 N–H and O–H groups in total. The van der Waals surface area contributed by atoms with E-state index in [1.54, 1.807) is 6.92 Å². The Kier molecular flexibility index (Phi) is 7.20. The maximum atomic E-state index is 11.7. The Labute approximate surface area is 113 Å². The van der Waals surface area contributed by atoms with Crippen LogP contribution >= 0.6 is 0 Å². The molecule has 1 saturated heterocycles. The molecule has 1 aliphatic heterocycles. The Morgan fingerprint density at radius 1 is 1.37 bits per heavy atom. The van der Waals surface area contributed by atoms with Crippen molar-refractivity contribution in [3.8, 4) is 0 Å². The number of carbonyl (C=O) groups excluding carboxylic acids is 2. The number of ether oxygens (including phenoxy) is 1. The lowest BCUT2D eigenvalue weighted by atomic mass is 10.2. The predicted octanol–water partition coefficient (Wildman–Crippen LogP) is 0.265. The lowest BCUT2D eigenvalue weighted by molar-refractivity contribution is -0.155. The van der Waals surface area contributed by atoms with Gasteiger partial charge in [0.1, 0.15) is 6.04 Å². The van der Waals surface area contributed by atoms with E-state index in [0.717, 1.165) is 39.0 Å². The van der Waals surface area contributed by atoms with E-state index >= 15 is 0 Å². The molecule has 0 bridgehead atoms. The molecule has 1 amide bonds. The van der Waals surface area contributed by atoms with Crippen LogP contribution in [0.5, 0.6) is 0 Å². The number of rotatable bonds is 5. The maximum Gasteiger partial charge on any atom is 0.440 e. The van der Waals surface area contributed by atoms with E-state index in [2.05, 4.69) is 5.32 Å². The quantitative estimate of drug-likeness (QED) is 0.553. The highest BCUT2D eigenvalue weighted by Gasteiger charge is 2.24. The van der Waals surface area contributed by atoms with E-state index in [1.807, 2.05) is 17.3 Å². The van der Waals surface area contributed by atoms with Gasteiger partial charge in [0.2, 0.25) is 0 Å². The lowest BCUT2D eigenvalue weighted by Crippen LogP contribution is -2.51. The minimum atomic E-state index is -0.727. The van der Waals surface area contributed by atoms with E-state index < -0.39 is 12.1 Å². The van der Waals surface area contributed by atoms with E-state index in [9.17, 15) is 9.59 Å². The Balaban J connectivity index is 2.20. The molecule has 0 radical (unpaired) electrons. The SMILES string of the molecule is CCCCOC(=O)NOC(=O)C(C)N1CCNCC1. The number of nitrogens with one attached hydrogen (secondary N) is 2. The first kappa shape index (κ1) is 15.7. The number of amides is 1. The van der Waals surface area contributed by atoms with Gasteiger partial charge in [-0.05, 0) is 13.3 Å².